The minimum absolute atomic E-state index is 0.118. The highest BCUT2D eigenvalue weighted by Gasteiger charge is 2.48. The third-order valence-electron chi connectivity index (χ3n) is 5.62. The van der Waals surface area contributed by atoms with Gasteiger partial charge in [0.05, 0.1) is 36.6 Å². The lowest BCUT2D eigenvalue weighted by Crippen LogP contribution is -2.29. The summed E-state index contributed by atoms with van der Waals surface area (Å²) in [4.78, 5) is 44.5. The zero-order valence-electron chi connectivity index (χ0n) is 19.3. The number of carbonyl (C=O) groups is 3. The molecule has 1 aliphatic heterocycles. The van der Waals surface area contributed by atoms with E-state index in [1.54, 1.807) is 31.2 Å². The molecule has 35 heavy (non-hydrogen) atoms. The van der Waals surface area contributed by atoms with E-state index in [4.69, 9.17) is 21.1 Å². The van der Waals surface area contributed by atoms with Crippen LogP contribution in [0.3, 0.4) is 0 Å². The Morgan fingerprint density at radius 1 is 1.11 bits per heavy atom. The molecule has 0 aliphatic carbocycles. The summed E-state index contributed by atoms with van der Waals surface area (Å²) in [6, 6.07) is 10.8. The van der Waals surface area contributed by atoms with E-state index in [1.165, 1.54) is 25.2 Å². The Labute approximate surface area is 210 Å². The number of rotatable bonds is 5. The van der Waals surface area contributed by atoms with Crippen molar-refractivity contribution < 1.29 is 29.0 Å². The molecule has 1 N–H and O–H groups in total. The maximum absolute atomic E-state index is 13.3. The van der Waals surface area contributed by atoms with Gasteiger partial charge in [0.15, 0.2) is 5.13 Å². The summed E-state index contributed by atoms with van der Waals surface area (Å²) >= 11 is 7.17. The molecule has 1 atom stereocenters. The van der Waals surface area contributed by atoms with Crippen LogP contribution in [0.4, 0.5) is 5.13 Å². The topological polar surface area (TPSA) is 106 Å². The molecule has 0 radical (unpaired) electrons. The summed E-state index contributed by atoms with van der Waals surface area (Å²) in [6.45, 7) is 3.52. The molecule has 8 nitrogen and oxygen atoms in total. The summed E-state index contributed by atoms with van der Waals surface area (Å²) in [5.74, 6) is -2.34. The molecule has 1 aliphatic rings. The summed E-state index contributed by atoms with van der Waals surface area (Å²) in [5, 5.41) is 11.6. The van der Waals surface area contributed by atoms with E-state index in [9.17, 15) is 19.5 Å². The number of amides is 1. The Balaban J connectivity index is 1.93. The van der Waals surface area contributed by atoms with Crippen molar-refractivity contribution in [3.05, 3.63) is 80.3 Å². The van der Waals surface area contributed by atoms with Crippen molar-refractivity contribution in [2.75, 3.05) is 19.1 Å². The van der Waals surface area contributed by atoms with Crippen LogP contribution in [-0.2, 0) is 14.3 Å². The Bertz CT molecular complexity index is 1380. The second-order valence-electron chi connectivity index (χ2n) is 7.83. The van der Waals surface area contributed by atoms with Crippen LogP contribution in [0.1, 0.15) is 38.1 Å². The molecule has 4 rings (SSSR count). The molecular formula is C25H21ClN2O6S. The quantitative estimate of drug-likeness (QED) is 0.226. The predicted molar refractivity (Wildman–Crippen MR) is 132 cm³/mol. The van der Waals surface area contributed by atoms with Gasteiger partial charge in [-0.15, -0.1) is 0 Å². The zero-order chi connectivity index (χ0) is 25.4. The normalized spacial score (nSPS) is 17.1. The summed E-state index contributed by atoms with van der Waals surface area (Å²) in [7, 11) is 2.71. The number of benzene rings is 2. The number of aromatic nitrogens is 1. The molecule has 180 valence electrons. The van der Waals surface area contributed by atoms with Crippen LogP contribution >= 0.6 is 22.9 Å². The SMILES string of the molecule is COC(=O)c1sc(N2C(=O)C(=O)C(=C(O)c3ccc(OC)c(Cl)c3)C2c2ccc(C)cc2)nc1C. The number of ether oxygens (including phenoxy) is 2. The maximum Gasteiger partial charge on any atom is 0.350 e. The number of aliphatic hydroxyl groups is 1. The lowest BCUT2D eigenvalue weighted by Gasteiger charge is -2.23. The highest BCUT2D eigenvalue weighted by molar-refractivity contribution is 7.17. The van der Waals surface area contributed by atoms with Gasteiger partial charge in [0.25, 0.3) is 5.78 Å². The lowest BCUT2D eigenvalue weighted by atomic mass is 9.95. The molecule has 1 unspecified atom stereocenters. The number of aliphatic hydroxyl groups excluding tert-OH is 1. The number of anilines is 1. The molecule has 2 aromatic carbocycles. The summed E-state index contributed by atoms with van der Waals surface area (Å²) < 4.78 is 9.96. The molecule has 1 amide bonds. The van der Waals surface area contributed by atoms with Gasteiger partial charge in [-0.3, -0.25) is 14.5 Å². The maximum atomic E-state index is 13.3. The molecule has 1 fully saturated rings. The first-order chi connectivity index (χ1) is 16.7. The predicted octanol–water partition coefficient (Wildman–Crippen LogP) is 4.83. The number of hydrogen-bond donors (Lipinski definition) is 1. The highest BCUT2D eigenvalue weighted by atomic mass is 35.5. The number of methoxy groups -OCH3 is 2. The van der Waals surface area contributed by atoms with Crippen LogP contribution < -0.4 is 9.64 Å². The third kappa shape index (κ3) is 4.28. The van der Waals surface area contributed by atoms with Crippen LogP contribution in [0.5, 0.6) is 5.75 Å². The Kier molecular flexibility index (Phi) is 6.64. The fourth-order valence-electron chi connectivity index (χ4n) is 3.83. The molecule has 10 heteroatoms. The first-order valence-electron chi connectivity index (χ1n) is 10.4. The second kappa shape index (κ2) is 9.52. The van der Waals surface area contributed by atoms with Gasteiger partial charge in [-0.2, -0.15) is 0 Å². The van der Waals surface area contributed by atoms with E-state index < -0.39 is 23.7 Å². The van der Waals surface area contributed by atoms with Gasteiger partial charge >= 0.3 is 11.9 Å². The fraction of sp³-hybridized carbons (Fsp3) is 0.200. The fourth-order valence-corrected chi connectivity index (χ4v) is 5.10. The monoisotopic (exact) mass is 512 g/mol. The molecule has 2 heterocycles. The molecule has 0 saturated carbocycles. The van der Waals surface area contributed by atoms with E-state index in [1.807, 2.05) is 19.1 Å². The number of ketones is 1. The van der Waals surface area contributed by atoms with Gasteiger partial charge in [-0.25, -0.2) is 9.78 Å². The number of hydrogen-bond acceptors (Lipinski definition) is 8. The van der Waals surface area contributed by atoms with E-state index in [0.29, 0.717) is 17.0 Å². The largest absolute Gasteiger partial charge is 0.507 e. The van der Waals surface area contributed by atoms with Crippen molar-refractivity contribution in [3.8, 4) is 5.75 Å². The Morgan fingerprint density at radius 2 is 1.80 bits per heavy atom. The van der Waals surface area contributed by atoms with Crippen molar-refractivity contribution in [2.45, 2.75) is 19.9 Å². The molecular weight excluding hydrogens is 492 g/mol. The summed E-state index contributed by atoms with van der Waals surface area (Å²) in [6.07, 6.45) is 0. The number of aryl methyl sites for hydroxylation is 2. The van der Waals surface area contributed by atoms with Crippen LogP contribution in [0, 0.1) is 13.8 Å². The van der Waals surface area contributed by atoms with E-state index in [-0.39, 0.29) is 31.9 Å². The summed E-state index contributed by atoms with van der Waals surface area (Å²) in [5.41, 5.74) is 2.06. The number of halogens is 1. The molecule has 3 aromatic rings. The highest BCUT2D eigenvalue weighted by Crippen LogP contribution is 2.44. The molecule has 1 aromatic heterocycles. The first-order valence-corrected chi connectivity index (χ1v) is 11.6. The number of esters is 1. The van der Waals surface area contributed by atoms with Gasteiger partial charge in [0.1, 0.15) is 16.4 Å². The van der Waals surface area contributed by atoms with E-state index >= 15 is 0 Å². The van der Waals surface area contributed by atoms with Gasteiger partial charge < -0.3 is 14.6 Å². The van der Waals surface area contributed by atoms with Crippen molar-refractivity contribution in [3.63, 3.8) is 0 Å². The third-order valence-corrected chi connectivity index (χ3v) is 7.06. The van der Waals surface area contributed by atoms with Crippen molar-refractivity contribution in [1.29, 1.82) is 0 Å². The van der Waals surface area contributed by atoms with Gasteiger partial charge in [-0.1, -0.05) is 52.8 Å². The van der Waals surface area contributed by atoms with Crippen LogP contribution in [0.2, 0.25) is 5.02 Å². The van der Waals surface area contributed by atoms with Crippen LogP contribution in [-0.4, -0.2) is 42.0 Å². The second-order valence-corrected chi connectivity index (χ2v) is 9.22. The van der Waals surface area contributed by atoms with Gasteiger partial charge in [0.2, 0.25) is 0 Å². The molecule has 0 bridgehead atoms. The molecule has 0 spiro atoms. The van der Waals surface area contributed by atoms with Crippen molar-refractivity contribution in [1.82, 2.24) is 4.98 Å². The minimum atomic E-state index is -0.979. The average molecular weight is 513 g/mol. The number of nitrogens with zero attached hydrogens (tertiary/aromatic N) is 2. The van der Waals surface area contributed by atoms with Gasteiger partial charge in [0, 0.05) is 5.56 Å². The van der Waals surface area contributed by atoms with E-state index in [2.05, 4.69) is 4.98 Å². The first kappa shape index (κ1) is 24.4. The Morgan fingerprint density at radius 3 is 2.40 bits per heavy atom. The Hall–Kier alpha value is -3.69. The van der Waals surface area contributed by atoms with Gasteiger partial charge in [-0.05, 0) is 37.6 Å². The smallest absolute Gasteiger partial charge is 0.350 e. The minimum Gasteiger partial charge on any atom is -0.507 e. The zero-order valence-corrected chi connectivity index (χ0v) is 20.9. The number of Topliss-reactive ketones (excluding diaryl/α,β-unsaturated/α-hetero) is 1. The average Bonchev–Trinajstić information content (AvgIpc) is 3.35. The van der Waals surface area contributed by atoms with E-state index in [0.717, 1.165) is 16.9 Å². The van der Waals surface area contributed by atoms with Crippen LogP contribution in [0.15, 0.2) is 48.0 Å². The van der Waals surface area contributed by atoms with Crippen molar-refractivity contribution >= 4 is 51.5 Å². The van der Waals surface area contributed by atoms with Crippen LogP contribution in [0.25, 0.3) is 5.76 Å². The number of carbonyl (C=O) groups excluding carboxylic acids is 3. The molecule has 1 saturated heterocycles. The van der Waals surface area contributed by atoms with Crippen molar-refractivity contribution in [2.24, 2.45) is 0 Å². The lowest BCUT2D eigenvalue weighted by molar-refractivity contribution is -0.132. The number of thiazole rings is 1. The standard InChI is InChI=1S/C25H21ClN2O6S/c1-12-5-7-14(8-6-12)19-18(20(29)15-9-10-17(33-3)16(26)11-15)21(30)23(31)28(19)25-27-13(2)22(35-25)24(32)34-4/h5-11,19,29H,1-4H3.